The second kappa shape index (κ2) is 4.96. The summed E-state index contributed by atoms with van der Waals surface area (Å²) in [5.74, 6) is 0. The van der Waals surface area contributed by atoms with E-state index >= 15 is 0 Å². The first-order valence-corrected chi connectivity index (χ1v) is 6.25. The lowest BCUT2D eigenvalue weighted by molar-refractivity contribution is 0.940. The van der Waals surface area contributed by atoms with Gasteiger partial charge in [0, 0.05) is 15.3 Å². The van der Waals surface area contributed by atoms with Crippen LogP contribution in [0, 0.1) is 11.3 Å². The number of aryl methyl sites for hydroxylation is 1. The van der Waals surface area contributed by atoms with Gasteiger partial charge in [0.15, 0.2) is 0 Å². The Balaban J connectivity index is 2.39. The van der Waals surface area contributed by atoms with Crippen molar-refractivity contribution in [2.75, 3.05) is 0 Å². The van der Waals surface area contributed by atoms with E-state index in [4.69, 9.17) is 5.26 Å². The van der Waals surface area contributed by atoms with Gasteiger partial charge in [0.05, 0.1) is 11.6 Å². The highest BCUT2D eigenvalue weighted by molar-refractivity contribution is 7.15. The predicted octanol–water partition coefficient (Wildman–Crippen LogP) is 4.24. The maximum absolute atomic E-state index is 9.04. The molecule has 1 aromatic carbocycles. The molecular formula is C14H13NS. The molecule has 0 radical (unpaired) electrons. The third kappa shape index (κ3) is 2.15. The molecule has 0 spiro atoms. The van der Waals surface area contributed by atoms with Crippen LogP contribution in [-0.2, 0) is 6.42 Å². The molecule has 0 N–H and O–H groups in total. The van der Waals surface area contributed by atoms with Gasteiger partial charge in [0.2, 0.25) is 0 Å². The van der Waals surface area contributed by atoms with Gasteiger partial charge in [-0.2, -0.15) is 5.26 Å². The molecule has 2 heteroatoms. The van der Waals surface area contributed by atoms with E-state index < -0.39 is 0 Å². The van der Waals surface area contributed by atoms with Gasteiger partial charge in [-0.05, 0) is 24.6 Å². The molecule has 0 atom stereocenters. The Morgan fingerprint density at radius 2 is 2.00 bits per heavy atom. The van der Waals surface area contributed by atoms with Crippen LogP contribution < -0.4 is 0 Å². The SMILES string of the molecule is CCCc1ccc(-c2ccccc2C#N)s1. The molecule has 1 nitrogen and oxygen atoms in total. The highest BCUT2D eigenvalue weighted by Crippen LogP contribution is 2.30. The van der Waals surface area contributed by atoms with Crippen LogP contribution in [-0.4, -0.2) is 0 Å². The van der Waals surface area contributed by atoms with Gasteiger partial charge >= 0.3 is 0 Å². The number of hydrogen-bond acceptors (Lipinski definition) is 2. The minimum atomic E-state index is 0.757. The van der Waals surface area contributed by atoms with Gasteiger partial charge in [-0.25, -0.2) is 0 Å². The van der Waals surface area contributed by atoms with Crippen LogP contribution in [0.2, 0.25) is 0 Å². The second-order valence-electron chi connectivity index (χ2n) is 3.67. The molecule has 0 amide bonds. The topological polar surface area (TPSA) is 23.8 Å². The van der Waals surface area contributed by atoms with E-state index in [-0.39, 0.29) is 0 Å². The van der Waals surface area contributed by atoms with Crippen LogP contribution in [0.25, 0.3) is 10.4 Å². The normalized spacial score (nSPS) is 10.0. The molecular weight excluding hydrogens is 214 g/mol. The van der Waals surface area contributed by atoms with E-state index in [0.717, 1.165) is 17.5 Å². The Morgan fingerprint density at radius 1 is 1.19 bits per heavy atom. The standard InChI is InChI=1S/C14H13NS/c1-2-5-12-8-9-14(16-12)13-7-4-3-6-11(13)10-15/h3-4,6-9H,2,5H2,1H3. The predicted molar refractivity (Wildman–Crippen MR) is 68.5 cm³/mol. The molecule has 1 aromatic heterocycles. The third-order valence-corrected chi connectivity index (χ3v) is 3.65. The van der Waals surface area contributed by atoms with Crippen LogP contribution >= 0.6 is 11.3 Å². The van der Waals surface area contributed by atoms with Crippen molar-refractivity contribution in [3.8, 4) is 16.5 Å². The van der Waals surface area contributed by atoms with Crippen LogP contribution in [0.4, 0.5) is 0 Å². The van der Waals surface area contributed by atoms with Crippen molar-refractivity contribution in [3.63, 3.8) is 0 Å². The molecule has 0 aliphatic heterocycles. The van der Waals surface area contributed by atoms with Crippen LogP contribution in [0.1, 0.15) is 23.8 Å². The molecule has 0 fully saturated rings. The summed E-state index contributed by atoms with van der Waals surface area (Å²) in [6.07, 6.45) is 2.29. The summed E-state index contributed by atoms with van der Waals surface area (Å²) in [6.45, 7) is 2.18. The van der Waals surface area contributed by atoms with Crippen molar-refractivity contribution in [2.45, 2.75) is 19.8 Å². The van der Waals surface area contributed by atoms with Crippen molar-refractivity contribution in [1.29, 1.82) is 5.26 Å². The highest BCUT2D eigenvalue weighted by atomic mass is 32.1. The van der Waals surface area contributed by atoms with Crippen molar-refractivity contribution in [2.24, 2.45) is 0 Å². The van der Waals surface area contributed by atoms with E-state index in [2.05, 4.69) is 25.1 Å². The van der Waals surface area contributed by atoms with Crippen LogP contribution in [0.15, 0.2) is 36.4 Å². The Morgan fingerprint density at radius 3 is 2.75 bits per heavy atom. The van der Waals surface area contributed by atoms with Crippen molar-refractivity contribution >= 4 is 11.3 Å². The van der Waals surface area contributed by atoms with Crippen LogP contribution in [0.3, 0.4) is 0 Å². The Bertz CT molecular complexity index is 520. The molecule has 2 aromatic rings. The minimum Gasteiger partial charge on any atom is -0.192 e. The molecule has 1 heterocycles. The lowest BCUT2D eigenvalue weighted by Crippen LogP contribution is -1.79. The average molecular weight is 227 g/mol. The zero-order valence-corrected chi connectivity index (χ0v) is 10.1. The van der Waals surface area contributed by atoms with Crippen molar-refractivity contribution < 1.29 is 0 Å². The lowest BCUT2D eigenvalue weighted by atomic mass is 10.1. The highest BCUT2D eigenvalue weighted by Gasteiger charge is 2.06. The Kier molecular flexibility index (Phi) is 3.38. The monoisotopic (exact) mass is 227 g/mol. The number of nitriles is 1. The lowest BCUT2D eigenvalue weighted by Gasteiger charge is -1.99. The fourth-order valence-corrected chi connectivity index (χ4v) is 2.85. The van der Waals surface area contributed by atoms with Crippen LogP contribution in [0.5, 0.6) is 0 Å². The first-order chi connectivity index (χ1) is 7.85. The molecule has 2 rings (SSSR count). The molecule has 0 aliphatic rings. The minimum absolute atomic E-state index is 0.757. The van der Waals surface area contributed by atoms with Crippen molar-refractivity contribution in [1.82, 2.24) is 0 Å². The van der Waals surface area contributed by atoms with Crippen molar-refractivity contribution in [3.05, 3.63) is 46.8 Å². The Labute approximate surface area is 100.0 Å². The largest absolute Gasteiger partial charge is 0.192 e. The van der Waals surface area contributed by atoms with E-state index in [1.165, 1.54) is 16.2 Å². The Hall–Kier alpha value is -1.59. The third-order valence-electron chi connectivity index (χ3n) is 2.47. The van der Waals surface area contributed by atoms with E-state index in [0.29, 0.717) is 0 Å². The number of nitrogens with zero attached hydrogens (tertiary/aromatic N) is 1. The second-order valence-corrected chi connectivity index (χ2v) is 4.84. The molecule has 0 bridgehead atoms. The molecule has 16 heavy (non-hydrogen) atoms. The number of rotatable bonds is 3. The number of benzene rings is 1. The molecule has 0 aliphatic carbocycles. The average Bonchev–Trinajstić information content (AvgIpc) is 2.78. The van der Waals surface area contributed by atoms with E-state index in [9.17, 15) is 0 Å². The summed E-state index contributed by atoms with van der Waals surface area (Å²) < 4.78 is 0. The summed E-state index contributed by atoms with van der Waals surface area (Å²) in [6, 6.07) is 14.3. The fourth-order valence-electron chi connectivity index (χ4n) is 1.70. The van der Waals surface area contributed by atoms with E-state index in [1.54, 1.807) is 11.3 Å². The van der Waals surface area contributed by atoms with Gasteiger partial charge < -0.3 is 0 Å². The molecule has 0 saturated carbocycles. The number of thiophene rings is 1. The van der Waals surface area contributed by atoms with Gasteiger partial charge in [0.1, 0.15) is 0 Å². The molecule has 80 valence electrons. The summed E-state index contributed by atoms with van der Waals surface area (Å²) in [4.78, 5) is 2.59. The zero-order valence-electron chi connectivity index (χ0n) is 9.23. The smallest absolute Gasteiger partial charge is 0.0998 e. The molecule has 0 unspecified atom stereocenters. The van der Waals surface area contributed by atoms with Gasteiger partial charge in [-0.3, -0.25) is 0 Å². The number of hydrogen-bond donors (Lipinski definition) is 0. The maximum Gasteiger partial charge on any atom is 0.0998 e. The maximum atomic E-state index is 9.04. The first-order valence-electron chi connectivity index (χ1n) is 5.43. The summed E-state index contributed by atoms with van der Waals surface area (Å²) in [5.41, 5.74) is 1.81. The van der Waals surface area contributed by atoms with Gasteiger partial charge in [0.25, 0.3) is 0 Å². The fraction of sp³-hybridized carbons (Fsp3) is 0.214. The van der Waals surface area contributed by atoms with Gasteiger partial charge in [-0.15, -0.1) is 11.3 Å². The summed E-state index contributed by atoms with van der Waals surface area (Å²) in [5, 5.41) is 9.04. The van der Waals surface area contributed by atoms with Gasteiger partial charge in [-0.1, -0.05) is 31.5 Å². The molecule has 0 saturated heterocycles. The van der Waals surface area contributed by atoms with E-state index in [1.807, 2.05) is 24.3 Å². The summed E-state index contributed by atoms with van der Waals surface area (Å²) in [7, 11) is 0. The summed E-state index contributed by atoms with van der Waals surface area (Å²) >= 11 is 1.79. The first kappa shape index (κ1) is 10.9. The zero-order chi connectivity index (χ0) is 11.4. The quantitative estimate of drug-likeness (QED) is 0.769.